The molecule has 0 aliphatic carbocycles. The van der Waals surface area contributed by atoms with Crippen LogP contribution in [0.3, 0.4) is 0 Å². The Morgan fingerprint density at radius 1 is 0.793 bits per heavy atom. The Morgan fingerprint density at radius 3 is 1.69 bits per heavy atom. The molecule has 0 fully saturated rings. The quantitative estimate of drug-likeness (QED) is 0.258. The Hall–Kier alpha value is -1.82. The fourth-order valence-electron chi connectivity index (χ4n) is 3.73. The smallest absolute Gasteiger partial charge is 0.221 e. The van der Waals surface area contributed by atoms with Gasteiger partial charge in [0, 0.05) is 6.42 Å². The van der Waals surface area contributed by atoms with Gasteiger partial charge in [0.15, 0.2) is 0 Å². The lowest BCUT2D eigenvalue weighted by molar-refractivity contribution is -0.121. The zero-order valence-corrected chi connectivity index (χ0v) is 18.6. The number of nitriles is 1. The van der Waals surface area contributed by atoms with Crippen molar-refractivity contribution >= 4 is 5.91 Å². The van der Waals surface area contributed by atoms with Crippen LogP contribution in [0.2, 0.25) is 0 Å². The second kappa shape index (κ2) is 18.2. The lowest BCUT2D eigenvalue weighted by Gasteiger charge is -2.11. The number of carbonyl (C=O) groups excluding carboxylic acids is 1. The molecule has 0 aromatic heterocycles. The number of rotatable bonds is 18. The molecule has 1 aromatic rings. The van der Waals surface area contributed by atoms with Crippen molar-refractivity contribution < 1.29 is 4.79 Å². The van der Waals surface area contributed by atoms with E-state index in [0.717, 1.165) is 18.4 Å². The average Bonchev–Trinajstić information content (AvgIpc) is 2.75. The van der Waals surface area contributed by atoms with Crippen LogP contribution in [0.4, 0.5) is 0 Å². The van der Waals surface area contributed by atoms with Crippen LogP contribution in [-0.4, -0.2) is 5.91 Å². The van der Waals surface area contributed by atoms with E-state index in [1.165, 1.54) is 83.5 Å². The summed E-state index contributed by atoms with van der Waals surface area (Å²) >= 11 is 0. The Morgan fingerprint density at radius 2 is 1.24 bits per heavy atom. The van der Waals surface area contributed by atoms with Gasteiger partial charge in [-0.15, -0.1) is 0 Å². The predicted molar refractivity (Wildman–Crippen MR) is 122 cm³/mol. The van der Waals surface area contributed by atoms with Gasteiger partial charge in [0.25, 0.3) is 0 Å². The summed E-state index contributed by atoms with van der Waals surface area (Å²) in [4.78, 5) is 12.1. The molecule has 0 bridgehead atoms. The Balaban J connectivity index is 1.89. The minimum absolute atomic E-state index is 0.0184. The molecule has 3 nitrogen and oxygen atoms in total. The number of hydrogen-bond acceptors (Lipinski definition) is 2. The molecule has 0 aliphatic rings. The number of amides is 1. The summed E-state index contributed by atoms with van der Waals surface area (Å²) in [5, 5.41) is 12.1. The van der Waals surface area contributed by atoms with Crippen molar-refractivity contribution in [1.82, 2.24) is 5.32 Å². The van der Waals surface area contributed by atoms with E-state index in [9.17, 15) is 10.1 Å². The van der Waals surface area contributed by atoms with E-state index in [4.69, 9.17) is 0 Å². The molecule has 0 radical (unpaired) electrons. The SMILES string of the molecule is CCCCCCCCCCCCCCCCCC(=O)NC(C#N)c1ccccc1. The second-order valence-corrected chi connectivity index (χ2v) is 8.24. The summed E-state index contributed by atoms with van der Waals surface area (Å²) in [6.45, 7) is 2.27. The van der Waals surface area contributed by atoms with Crippen molar-refractivity contribution in [2.45, 2.75) is 116 Å². The lowest BCUT2D eigenvalue weighted by atomic mass is 10.0. The van der Waals surface area contributed by atoms with Gasteiger partial charge in [-0.1, -0.05) is 127 Å². The van der Waals surface area contributed by atoms with E-state index in [0.29, 0.717) is 6.42 Å². The van der Waals surface area contributed by atoms with Gasteiger partial charge in [0.05, 0.1) is 6.07 Å². The topological polar surface area (TPSA) is 52.9 Å². The maximum atomic E-state index is 12.1. The number of benzene rings is 1. The summed E-state index contributed by atoms with van der Waals surface area (Å²) in [5.74, 6) is -0.0184. The normalized spacial score (nSPS) is 11.7. The summed E-state index contributed by atoms with van der Waals surface area (Å²) in [6, 6.07) is 11.1. The third-order valence-electron chi connectivity index (χ3n) is 5.57. The van der Waals surface area contributed by atoms with Crippen molar-refractivity contribution in [3.8, 4) is 6.07 Å². The fraction of sp³-hybridized carbons (Fsp3) is 0.692. The van der Waals surface area contributed by atoms with Crippen LogP contribution in [0.1, 0.15) is 121 Å². The van der Waals surface area contributed by atoms with Crippen molar-refractivity contribution in [2.75, 3.05) is 0 Å². The molecule has 1 unspecified atom stereocenters. The zero-order chi connectivity index (χ0) is 21.0. The third-order valence-corrected chi connectivity index (χ3v) is 5.57. The molecule has 29 heavy (non-hydrogen) atoms. The fourth-order valence-corrected chi connectivity index (χ4v) is 3.73. The number of nitrogens with zero attached hydrogens (tertiary/aromatic N) is 1. The molecule has 0 spiro atoms. The monoisotopic (exact) mass is 398 g/mol. The molecule has 1 aromatic carbocycles. The van der Waals surface area contributed by atoms with Gasteiger partial charge in [0.2, 0.25) is 5.91 Å². The summed E-state index contributed by atoms with van der Waals surface area (Å²) in [5.41, 5.74) is 0.847. The van der Waals surface area contributed by atoms with E-state index in [1.54, 1.807) is 0 Å². The molecule has 0 heterocycles. The molecule has 0 saturated carbocycles. The Kier molecular flexibility index (Phi) is 15.8. The van der Waals surface area contributed by atoms with Crippen molar-refractivity contribution in [3.05, 3.63) is 35.9 Å². The molecule has 162 valence electrons. The number of unbranched alkanes of at least 4 members (excludes halogenated alkanes) is 14. The molecule has 1 atom stereocenters. The first kappa shape index (κ1) is 25.2. The van der Waals surface area contributed by atoms with E-state index in [2.05, 4.69) is 18.3 Å². The minimum atomic E-state index is -0.542. The molecular weight excluding hydrogens is 356 g/mol. The van der Waals surface area contributed by atoms with Crippen molar-refractivity contribution in [3.63, 3.8) is 0 Å². The van der Waals surface area contributed by atoms with E-state index < -0.39 is 6.04 Å². The van der Waals surface area contributed by atoms with Crippen LogP contribution in [0.25, 0.3) is 0 Å². The van der Waals surface area contributed by atoms with E-state index in [1.807, 2.05) is 30.3 Å². The first-order valence-electron chi connectivity index (χ1n) is 12.0. The maximum absolute atomic E-state index is 12.1. The van der Waals surface area contributed by atoms with Crippen LogP contribution in [-0.2, 0) is 4.79 Å². The lowest BCUT2D eigenvalue weighted by Crippen LogP contribution is -2.27. The highest BCUT2D eigenvalue weighted by molar-refractivity contribution is 5.76. The van der Waals surface area contributed by atoms with Crippen molar-refractivity contribution in [2.24, 2.45) is 0 Å². The molecule has 0 aliphatic heterocycles. The highest BCUT2D eigenvalue weighted by Crippen LogP contribution is 2.14. The molecule has 1 N–H and O–H groups in total. The van der Waals surface area contributed by atoms with Crippen LogP contribution in [0, 0.1) is 11.3 Å². The van der Waals surface area contributed by atoms with Crippen LogP contribution >= 0.6 is 0 Å². The van der Waals surface area contributed by atoms with Crippen LogP contribution in [0.5, 0.6) is 0 Å². The zero-order valence-electron chi connectivity index (χ0n) is 18.6. The van der Waals surface area contributed by atoms with Gasteiger partial charge in [-0.25, -0.2) is 0 Å². The van der Waals surface area contributed by atoms with Gasteiger partial charge in [-0.3, -0.25) is 4.79 Å². The highest BCUT2D eigenvalue weighted by atomic mass is 16.1. The first-order valence-corrected chi connectivity index (χ1v) is 12.0. The van der Waals surface area contributed by atoms with Gasteiger partial charge in [-0.05, 0) is 12.0 Å². The van der Waals surface area contributed by atoms with Gasteiger partial charge in [0.1, 0.15) is 6.04 Å². The predicted octanol–water partition coefficient (Wildman–Crippen LogP) is 7.63. The summed E-state index contributed by atoms with van der Waals surface area (Å²) < 4.78 is 0. The molecular formula is C26H42N2O. The third kappa shape index (κ3) is 13.9. The standard InChI is InChI=1S/C26H42N2O/c1-2-3-4-5-6-7-8-9-10-11-12-13-14-15-19-22-26(29)28-25(23-27)24-20-17-16-18-21-24/h16-18,20-21,25H,2-15,19,22H2,1H3,(H,28,29). The highest BCUT2D eigenvalue weighted by Gasteiger charge is 2.12. The van der Waals surface area contributed by atoms with E-state index in [-0.39, 0.29) is 5.91 Å². The van der Waals surface area contributed by atoms with Gasteiger partial charge >= 0.3 is 0 Å². The summed E-state index contributed by atoms with van der Waals surface area (Å²) in [7, 11) is 0. The molecule has 3 heteroatoms. The number of hydrogen-bond donors (Lipinski definition) is 1. The number of carbonyl (C=O) groups is 1. The number of nitrogens with one attached hydrogen (secondary N) is 1. The van der Waals surface area contributed by atoms with Gasteiger partial charge < -0.3 is 5.32 Å². The largest absolute Gasteiger partial charge is 0.337 e. The molecule has 0 saturated heterocycles. The summed E-state index contributed by atoms with van der Waals surface area (Å²) in [6.07, 6.45) is 20.3. The van der Waals surface area contributed by atoms with Crippen molar-refractivity contribution in [1.29, 1.82) is 5.26 Å². The Bertz CT molecular complexity index is 550. The van der Waals surface area contributed by atoms with E-state index >= 15 is 0 Å². The van der Waals surface area contributed by atoms with Crippen LogP contribution < -0.4 is 5.32 Å². The Labute approximate surface area is 179 Å². The van der Waals surface area contributed by atoms with Gasteiger partial charge in [-0.2, -0.15) is 5.26 Å². The maximum Gasteiger partial charge on any atom is 0.221 e. The second-order valence-electron chi connectivity index (χ2n) is 8.24. The minimum Gasteiger partial charge on any atom is -0.337 e. The molecule has 1 amide bonds. The average molecular weight is 399 g/mol. The molecule has 1 rings (SSSR count). The first-order chi connectivity index (χ1) is 14.3. The van der Waals surface area contributed by atoms with Crippen LogP contribution in [0.15, 0.2) is 30.3 Å².